The highest BCUT2D eigenvalue weighted by atomic mass is 16.6. The molecule has 0 fully saturated rings. The lowest BCUT2D eigenvalue weighted by Crippen LogP contribution is -2.30. The van der Waals surface area contributed by atoms with E-state index in [-0.39, 0.29) is 31.1 Å². The molecule has 0 bridgehead atoms. The Morgan fingerprint density at radius 3 is 0.790 bits per heavy atom. The average molecular weight is 1130 g/mol. The summed E-state index contributed by atoms with van der Waals surface area (Å²) in [5.74, 6) is -0.888. The summed E-state index contributed by atoms with van der Waals surface area (Å²) >= 11 is 0. The quantitative estimate of drug-likeness (QED) is 0.0261. The minimum absolute atomic E-state index is 0.0837. The molecule has 81 heavy (non-hydrogen) atoms. The van der Waals surface area contributed by atoms with Crippen LogP contribution >= 0.6 is 0 Å². The molecule has 0 aromatic carbocycles. The van der Waals surface area contributed by atoms with Crippen LogP contribution < -0.4 is 0 Å². The van der Waals surface area contributed by atoms with Gasteiger partial charge < -0.3 is 14.2 Å². The van der Waals surface area contributed by atoms with Crippen LogP contribution in [0.2, 0.25) is 0 Å². The number of esters is 3. The molecule has 0 aliphatic carbocycles. The van der Waals surface area contributed by atoms with Gasteiger partial charge >= 0.3 is 17.9 Å². The molecule has 0 aliphatic heterocycles. The van der Waals surface area contributed by atoms with Crippen molar-refractivity contribution in [2.24, 2.45) is 0 Å². The summed E-state index contributed by atoms with van der Waals surface area (Å²) in [4.78, 5) is 38.4. The van der Waals surface area contributed by atoms with E-state index in [0.29, 0.717) is 19.3 Å². The first-order valence-electron chi connectivity index (χ1n) is 34.4. The van der Waals surface area contributed by atoms with Gasteiger partial charge in [0, 0.05) is 19.3 Å². The zero-order valence-electron chi connectivity index (χ0n) is 53.3. The molecule has 0 heterocycles. The molecular weight excluding hydrogens is 997 g/mol. The van der Waals surface area contributed by atoms with Gasteiger partial charge in [0.2, 0.25) is 0 Å². The average Bonchev–Trinajstić information content (AvgIpc) is 3.47. The topological polar surface area (TPSA) is 78.9 Å². The van der Waals surface area contributed by atoms with E-state index in [1.54, 1.807) is 0 Å². The van der Waals surface area contributed by atoms with Crippen molar-refractivity contribution in [2.75, 3.05) is 13.2 Å². The van der Waals surface area contributed by atoms with Crippen molar-refractivity contribution in [2.45, 2.75) is 335 Å². The highest BCUT2D eigenvalue weighted by molar-refractivity contribution is 5.71. The predicted molar refractivity (Wildman–Crippen MR) is 353 cm³/mol. The van der Waals surface area contributed by atoms with Gasteiger partial charge in [0.1, 0.15) is 13.2 Å². The highest BCUT2D eigenvalue weighted by Gasteiger charge is 2.19. The molecule has 0 radical (unpaired) electrons. The van der Waals surface area contributed by atoms with Gasteiger partial charge in [0.05, 0.1) is 0 Å². The maximum atomic E-state index is 12.9. The van der Waals surface area contributed by atoms with Crippen LogP contribution in [0.3, 0.4) is 0 Å². The van der Waals surface area contributed by atoms with Crippen molar-refractivity contribution in [3.05, 3.63) is 109 Å². The molecule has 0 amide bonds. The Labute approximate surface area is 501 Å². The first-order valence-corrected chi connectivity index (χ1v) is 34.4. The summed E-state index contributed by atoms with van der Waals surface area (Å²) in [5.41, 5.74) is 0. The van der Waals surface area contributed by atoms with Crippen molar-refractivity contribution < 1.29 is 28.6 Å². The fourth-order valence-electron chi connectivity index (χ4n) is 9.59. The number of rotatable bonds is 62. The molecule has 1 unspecified atom stereocenters. The molecule has 0 aromatic heterocycles. The lowest BCUT2D eigenvalue weighted by Gasteiger charge is -2.18. The van der Waals surface area contributed by atoms with Gasteiger partial charge in [-0.2, -0.15) is 0 Å². The van der Waals surface area contributed by atoms with Gasteiger partial charge in [0.15, 0.2) is 6.10 Å². The minimum Gasteiger partial charge on any atom is -0.462 e. The van der Waals surface area contributed by atoms with Gasteiger partial charge in [-0.05, 0) is 128 Å². The fraction of sp³-hybridized carbons (Fsp3) is 0.720. The van der Waals surface area contributed by atoms with Crippen LogP contribution in [-0.2, 0) is 28.6 Å². The molecule has 464 valence electrons. The third kappa shape index (κ3) is 66.8. The molecule has 6 heteroatoms. The summed E-state index contributed by atoms with van der Waals surface area (Å²) in [6, 6.07) is 0. The maximum Gasteiger partial charge on any atom is 0.306 e. The van der Waals surface area contributed by atoms with E-state index in [9.17, 15) is 14.4 Å². The molecule has 0 spiro atoms. The van der Waals surface area contributed by atoms with Gasteiger partial charge in [-0.25, -0.2) is 0 Å². The molecule has 0 aliphatic rings. The van der Waals surface area contributed by atoms with E-state index in [4.69, 9.17) is 14.2 Å². The van der Waals surface area contributed by atoms with Crippen LogP contribution in [0, 0.1) is 0 Å². The second-order valence-electron chi connectivity index (χ2n) is 22.7. The summed E-state index contributed by atoms with van der Waals surface area (Å²) in [7, 11) is 0. The Bertz CT molecular complexity index is 1620. The first kappa shape index (κ1) is 77.1. The van der Waals surface area contributed by atoms with Crippen LogP contribution in [0.15, 0.2) is 109 Å². The smallest absolute Gasteiger partial charge is 0.306 e. The van der Waals surface area contributed by atoms with E-state index in [1.807, 2.05) is 0 Å². The summed E-state index contributed by atoms with van der Waals surface area (Å²) in [6.07, 6.45) is 93.8. The number of allylic oxidation sites excluding steroid dienone is 18. The lowest BCUT2D eigenvalue weighted by molar-refractivity contribution is -0.167. The number of hydrogen-bond donors (Lipinski definition) is 0. The van der Waals surface area contributed by atoms with E-state index in [1.165, 1.54) is 180 Å². The van der Waals surface area contributed by atoms with Crippen molar-refractivity contribution in [3.8, 4) is 0 Å². The normalized spacial score (nSPS) is 12.8. The molecule has 1 atom stereocenters. The Morgan fingerprint density at radius 1 is 0.259 bits per heavy atom. The standard InChI is InChI=1S/C75H128O6/c1-4-7-10-13-16-19-22-25-28-31-32-33-34-35-36-37-38-39-40-41-42-45-47-50-53-56-59-62-65-68-74(77)80-71-72(81-75(78)69-66-63-60-57-54-51-48-44-30-27-24-21-18-15-12-9-6-3)70-79-73(76)67-64-61-58-55-52-49-46-43-29-26-23-20-17-14-11-8-5-2/h7,10,16,18-19,21,25-30,32-33,35-36,38-39,72H,4-6,8-9,11-15,17,20,22-24,31,34,37,40-71H2,1-3H3/b10-7-,19-16-,21-18-,28-25-,29-26-,30-27-,33-32-,36-35-,39-38-. The minimum atomic E-state index is -0.789. The lowest BCUT2D eigenvalue weighted by atomic mass is 10.1. The molecule has 0 saturated carbocycles. The molecule has 6 nitrogen and oxygen atoms in total. The Kier molecular flexibility index (Phi) is 65.2. The van der Waals surface area contributed by atoms with Crippen LogP contribution in [0.4, 0.5) is 0 Å². The monoisotopic (exact) mass is 1120 g/mol. The Balaban J connectivity index is 4.34. The predicted octanol–water partition coefficient (Wildman–Crippen LogP) is 23.8. The number of ether oxygens (including phenoxy) is 3. The van der Waals surface area contributed by atoms with E-state index < -0.39 is 6.10 Å². The van der Waals surface area contributed by atoms with Crippen molar-refractivity contribution in [1.82, 2.24) is 0 Å². The second kappa shape index (κ2) is 68.6. The second-order valence-corrected chi connectivity index (χ2v) is 22.7. The summed E-state index contributed by atoms with van der Waals surface area (Å²) in [5, 5.41) is 0. The zero-order valence-corrected chi connectivity index (χ0v) is 53.3. The SMILES string of the molecule is CC/C=C\C/C=C\C/C=C\C/C=C\C/C=C\C/C=C\CCCCCCCCCCCCC(=O)OCC(COC(=O)CCCCCCCCC/C=C\CCCCCCCC)OC(=O)CCCCCCCCC/C=C\C/C=C\CCCCC. The Hall–Kier alpha value is -3.93. The first-order chi connectivity index (χ1) is 40.0. The number of unbranched alkanes of at least 4 members (excludes halogenated alkanes) is 33. The highest BCUT2D eigenvalue weighted by Crippen LogP contribution is 2.16. The summed E-state index contributed by atoms with van der Waals surface area (Å²) in [6.45, 7) is 6.51. The third-order valence-electron chi connectivity index (χ3n) is 14.7. The van der Waals surface area contributed by atoms with Crippen molar-refractivity contribution in [1.29, 1.82) is 0 Å². The third-order valence-corrected chi connectivity index (χ3v) is 14.7. The van der Waals surface area contributed by atoms with Crippen molar-refractivity contribution >= 4 is 17.9 Å². The van der Waals surface area contributed by atoms with Crippen LogP contribution in [0.25, 0.3) is 0 Å². The summed E-state index contributed by atoms with van der Waals surface area (Å²) < 4.78 is 17.0. The molecule has 0 N–H and O–H groups in total. The number of carbonyl (C=O) groups excluding carboxylic acids is 3. The molecule has 0 rings (SSSR count). The zero-order chi connectivity index (χ0) is 58.5. The maximum absolute atomic E-state index is 12.9. The van der Waals surface area contributed by atoms with Gasteiger partial charge in [-0.1, -0.05) is 291 Å². The van der Waals surface area contributed by atoms with Crippen LogP contribution in [0.5, 0.6) is 0 Å². The van der Waals surface area contributed by atoms with Crippen LogP contribution in [0.1, 0.15) is 329 Å². The molecule has 0 saturated heterocycles. The number of carbonyl (C=O) groups is 3. The van der Waals surface area contributed by atoms with E-state index >= 15 is 0 Å². The molecule has 0 aromatic rings. The Morgan fingerprint density at radius 2 is 0.481 bits per heavy atom. The largest absolute Gasteiger partial charge is 0.462 e. The van der Waals surface area contributed by atoms with Gasteiger partial charge in [-0.3, -0.25) is 14.4 Å². The van der Waals surface area contributed by atoms with Gasteiger partial charge in [0.25, 0.3) is 0 Å². The van der Waals surface area contributed by atoms with Gasteiger partial charge in [-0.15, -0.1) is 0 Å². The van der Waals surface area contributed by atoms with Crippen LogP contribution in [-0.4, -0.2) is 37.2 Å². The fourth-order valence-corrected chi connectivity index (χ4v) is 9.59. The number of hydrogen-bond acceptors (Lipinski definition) is 6. The van der Waals surface area contributed by atoms with E-state index in [2.05, 4.69) is 130 Å². The molecular formula is C75H128O6. The van der Waals surface area contributed by atoms with Crippen molar-refractivity contribution in [3.63, 3.8) is 0 Å². The van der Waals surface area contributed by atoms with E-state index in [0.717, 1.165) is 109 Å².